The van der Waals surface area contributed by atoms with Gasteiger partial charge in [0.05, 0.1) is 20.1 Å². The Kier molecular flexibility index (Phi) is 6.23. The van der Waals surface area contributed by atoms with Crippen molar-refractivity contribution in [2.75, 3.05) is 5.73 Å². The smallest absolute Gasteiger partial charge is 0.256 e. The summed E-state index contributed by atoms with van der Waals surface area (Å²) < 4.78 is 0. The van der Waals surface area contributed by atoms with Gasteiger partial charge in [0.25, 0.3) is 11.9 Å². The van der Waals surface area contributed by atoms with E-state index in [1.165, 1.54) is 12.4 Å². The van der Waals surface area contributed by atoms with Gasteiger partial charge in [-0.2, -0.15) is 15.0 Å². The molecular formula is C17H10Cl4N6. The molecule has 1 aromatic heterocycles. The van der Waals surface area contributed by atoms with Crippen molar-refractivity contribution in [1.82, 2.24) is 15.0 Å². The van der Waals surface area contributed by atoms with Crippen molar-refractivity contribution < 1.29 is 0 Å². The van der Waals surface area contributed by atoms with Gasteiger partial charge in [-0.15, -0.1) is 0 Å². The van der Waals surface area contributed by atoms with Crippen LogP contribution in [0.5, 0.6) is 0 Å². The molecule has 0 bridgehead atoms. The third-order valence-electron chi connectivity index (χ3n) is 3.25. The summed E-state index contributed by atoms with van der Waals surface area (Å²) in [4.78, 5) is 20.3. The first-order chi connectivity index (χ1) is 12.9. The molecule has 0 amide bonds. The van der Waals surface area contributed by atoms with Crippen molar-refractivity contribution in [3.05, 3.63) is 67.6 Å². The fraction of sp³-hybridized carbons (Fsp3) is 0. The summed E-state index contributed by atoms with van der Waals surface area (Å²) in [5, 5.41) is 1.78. The number of nitrogen functional groups attached to an aromatic ring is 1. The molecule has 0 saturated heterocycles. The van der Waals surface area contributed by atoms with Crippen LogP contribution in [0.4, 0.5) is 17.8 Å². The van der Waals surface area contributed by atoms with E-state index in [0.29, 0.717) is 31.2 Å². The summed E-state index contributed by atoms with van der Waals surface area (Å²) >= 11 is 24.4. The Hall–Kier alpha value is -2.25. The molecule has 6 nitrogen and oxygen atoms in total. The molecule has 0 spiro atoms. The quantitative estimate of drug-likeness (QED) is 0.538. The summed E-state index contributed by atoms with van der Waals surface area (Å²) in [5.74, 6) is 0.0617. The highest BCUT2D eigenvalue weighted by molar-refractivity contribution is 6.39. The second-order valence-corrected chi connectivity index (χ2v) is 6.71. The molecule has 1 heterocycles. The number of rotatable bonds is 4. The molecule has 0 saturated carbocycles. The Bertz CT molecular complexity index is 931. The molecule has 0 unspecified atom stereocenters. The van der Waals surface area contributed by atoms with E-state index in [9.17, 15) is 0 Å². The molecule has 0 aliphatic heterocycles. The summed E-state index contributed by atoms with van der Waals surface area (Å²) in [6, 6.07) is 10.2. The van der Waals surface area contributed by atoms with Crippen LogP contribution in [0.1, 0.15) is 11.1 Å². The number of halogens is 4. The number of nitrogens with zero attached hydrogens (tertiary/aromatic N) is 5. The lowest BCUT2D eigenvalue weighted by molar-refractivity contribution is 1.04. The molecule has 27 heavy (non-hydrogen) atoms. The van der Waals surface area contributed by atoms with E-state index in [0.717, 1.165) is 0 Å². The lowest BCUT2D eigenvalue weighted by atomic mass is 10.2. The van der Waals surface area contributed by atoms with Gasteiger partial charge in [0, 0.05) is 23.6 Å². The summed E-state index contributed by atoms with van der Waals surface area (Å²) in [7, 11) is 0. The number of benzene rings is 2. The molecule has 3 rings (SSSR count). The highest BCUT2D eigenvalue weighted by Gasteiger charge is 2.06. The minimum Gasteiger partial charge on any atom is -0.368 e. The first kappa shape index (κ1) is 19.5. The molecular weight excluding hydrogens is 430 g/mol. The molecule has 0 atom stereocenters. The van der Waals surface area contributed by atoms with Crippen molar-refractivity contribution in [2.45, 2.75) is 0 Å². The van der Waals surface area contributed by atoms with Gasteiger partial charge >= 0.3 is 0 Å². The van der Waals surface area contributed by atoms with Crippen LogP contribution in [0.3, 0.4) is 0 Å². The van der Waals surface area contributed by atoms with Crippen LogP contribution in [0.25, 0.3) is 0 Å². The first-order valence-electron chi connectivity index (χ1n) is 7.42. The zero-order valence-electron chi connectivity index (χ0n) is 13.4. The maximum Gasteiger partial charge on any atom is 0.256 e. The number of hydrogen-bond acceptors (Lipinski definition) is 6. The fourth-order valence-corrected chi connectivity index (χ4v) is 2.99. The molecule has 0 aliphatic carbocycles. The van der Waals surface area contributed by atoms with Crippen LogP contribution in [-0.2, 0) is 0 Å². The van der Waals surface area contributed by atoms with Crippen LogP contribution >= 0.6 is 46.4 Å². The van der Waals surface area contributed by atoms with E-state index in [1.807, 2.05) is 0 Å². The Morgan fingerprint density at radius 1 is 0.667 bits per heavy atom. The number of aliphatic imine (C=N–C) groups is 2. The average Bonchev–Trinajstić information content (AvgIpc) is 2.60. The second-order valence-electron chi connectivity index (χ2n) is 5.08. The zero-order valence-corrected chi connectivity index (χ0v) is 16.5. The van der Waals surface area contributed by atoms with Crippen molar-refractivity contribution in [3.63, 3.8) is 0 Å². The molecule has 136 valence electrons. The number of aromatic nitrogens is 3. The minimum absolute atomic E-state index is 0.0418. The minimum atomic E-state index is -0.0418. The van der Waals surface area contributed by atoms with Gasteiger partial charge in [0.1, 0.15) is 0 Å². The highest BCUT2D eigenvalue weighted by atomic mass is 35.5. The number of anilines is 1. The topological polar surface area (TPSA) is 89.4 Å². The highest BCUT2D eigenvalue weighted by Crippen LogP contribution is 2.24. The Morgan fingerprint density at radius 2 is 1.04 bits per heavy atom. The maximum atomic E-state index is 6.10. The van der Waals surface area contributed by atoms with E-state index in [-0.39, 0.29) is 17.8 Å². The molecule has 0 fully saturated rings. The first-order valence-corrected chi connectivity index (χ1v) is 8.93. The van der Waals surface area contributed by atoms with Crippen LogP contribution < -0.4 is 5.73 Å². The molecule has 2 N–H and O–H groups in total. The standard InChI is InChI=1S/C17H10Cl4N6/c18-11-3-1-4-12(19)9(11)7-23-16-25-15(22)26-17(27-16)24-8-10-13(20)5-2-6-14(10)21/h1-8H,(H2,22,25,26,27)/b23-7+,24-8+. The van der Waals surface area contributed by atoms with Crippen LogP contribution in [0, 0.1) is 0 Å². The summed E-state index contributed by atoms with van der Waals surface area (Å²) in [6.45, 7) is 0. The number of hydrogen-bond donors (Lipinski definition) is 1. The Morgan fingerprint density at radius 3 is 1.41 bits per heavy atom. The third kappa shape index (κ3) is 4.93. The van der Waals surface area contributed by atoms with Gasteiger partial charge in [-0.05, 0) is 24.3 Å². The van der Waals surface area contributed by atoms with Crippen molar-refractivity contribution in [1.29, 1.82) is 0 Å². The van der Waals surface area contributed by atoms with Gasteiger partial charge in [-0.3, -0.25) is 0 Å². The summed E-state index contributed by atoms with van der Waals surface area (Å²) in [6.07, 6.45) is 2.88. The van der Waals surface area contributed by atoms with E-state index in [1.54, 1.807) is 36.4 Å². The molecule has 10 heteroatoms. The Balaban J connectivity index is 1.91. The van der Waals surface area contributed by atoms with Crippen LogP contribution in [-0.4, -0.2) is 27.4 Å². The van der Waals surface area contributed by atoms with E-state index in [4.69, 9.17) is 52.1 Å². The molecule has 2 aromatic carbocycles. The summed E-state index contributed by atoms with van der Waals surface area (Å²) in [5.41, 5.74) is 6.77. The monoisotopic (exact) mass is 438 g/mol. The maximum absolute atomic E-state index is 6.10. The van der Waals surface area contributed by atoms with Gasteiger partial charge in [-0.1, -0.05) is 58.5 Å². The van der Waals surface area contributed by atoms with Crippen LogP contribution in [0.15, 0.2) is 46.4 Å². The largest absolute Gasteiger partial charge is 0.368 e. The van der Waals surface area contributed by atoms with Crippen molar-refractivity contribution in [3.8, 4) is 0 Å². The zero-order chi connectivity index (χ0) is 19.4. The lowest BCUT2D eigenvalue weighted by Gasteiger charge is -2.01. The third-order valence-corrected chi connectivity index (χ3v) is 4.57. The Labute approximate surface area is 174 Å². The molecule has 3 aromatic rings. The van der Waals surface area contributed by atoms with Gasteiger partial charge in [-0.25, -0.2) is 9.98 Å². The van der Waals surface area contributed by atoms with Gasteiger partial charge in [0.2, 0.25) is 5.95 Å². The molecule has 0 aliphatic rings. The van der Waals surface area contributed by atoms with Gasteiger partial charge in [0.15, 0.2) is 0 Å². The predicted octanol–water partition coefficient (Wildman–Crippen LogP) is 5.57. The number of nitrogens with two attached hydrogens (primary N) is 1. The SMILES string of the molecule is Nc1nc(/N=C/c2c(Cl)cccc2Cl)nc(/N=C/c2c(Cl)cccc2Cl)n1. The molecule has 0 radical (unpaired) electrons. The average molecular weight is 440 g/mol. The normalized spacial score (nSPS) is 11.6. The second kappa shape index (κ2) is 8.63. The van der Waals surface area contributed by atoms with Crippen molar-refractivity contribution >= 4 is 76.7 Å². The van der Waals surface area contributed by atoms with E-state index in [2.05, 4.69) is 24.9 Å². The van der Waals surface area contributed by atoms with Gasteiger partial charge < -0.3 is 5.73 Å². The van der Waals surface area contributed by atoms with E-state index < -0.39 is 0 Å². The van der Waals surface area contributed by atoms with Crippen molar-refractivity contribution in [2.24, 2.45) is 9.98 Å². The predicted molar refractivity (Wildman–Crippen MR) is 112 cm³/mol. The fourth-order valence-electron chi connectivity index (χ4n) is 2.00. The lowest BCUT2D eigenvalue weighted by Crippen LogP contribution is -1.97. The van der Waals surface area contributed by atoms with Crippen LogP contribution in [0.2, 0.25) is 20.1 Å². The van der Waals surface area contributed by atoms with E-state index >= 15 is 0 Å².